The average molecular weight is 530 g/mol. The van der Waals surface area contributed by atoms with Crippen LogP contribution in [0.5, 0.6) is 11.5 Å². The Hall–Kier alpha value is -3.61. The number of Topliss-reactive ketones (excluding diaryl/α,β-unsaturated/α-hetero) is 1. The number of anilines is 2. The van der Waals surface area contributed by atoms with Crippen molar-refractivity contribution in [3.63, 3.8) is 0 Å². The summed E-state index contributed by atoms with van der Waals surface area (Å²) in [4.78, 5) is 20.4. The fourth-order valence-corrected chi connectivity index (χ4v) is 5.41. The molecule has 1 saturated carbocycles. The highest BCUT2D eigenvalue weighted by Crippen LogP contribution is 2.40. The quantitative estimate of drug-likeness (QED) is 0.231. The molecule has 0 spiro atoms. The largest absolute Gasteiger partial charge is 0.503 e. The Balaban J connectivity index is 1.63. The van der Waals surface area contributed by atoms with Crippen molar-refractivity contribution < 1.29 is 14.6 Å². The minimum atomic E-state index is -0.0927. The van der Waals surface area contributed by atoms with E-state index in [0.29, 0.717) is 11.3 Å². The molecule has 0 aliphatic heterocycles. The Labute approximate surface area is 228 Å². The van der Waals surface area contributed by atoms with Gasteiger partial charge in [0.05, 0.1) is 28.9 Å². The molecular weight excluding hydrogens is 498 g/mol. The second-order valence-corrected chi connectivity index (χ2v) is 10.6. The van der Waals surface area contributed by atoms with Crippen LogP contribution in [-0.2, 0) is 6.54 Å². The maximum atomic E-state index is 13.7. The Bertz CT molecular complexity index is 1480. The number of phenols is 1. The number of methoxy groups -OCH3 is 1. The average Bonchev–Trinajstić information content (AvgIpc) is 3.46. The van der Waals surface area contributed by atoms with Crippen LogP contribution in [0.4, 0.5) is 11.4 Å². The SMILES string of the molecule is COc1cc(-c2ccc3ncc(C(=O)C4CCCC4)c(Nc4ccc(CN(C)C)cc4)c3c2)cc(Cl)c1O. The number of hydrogen-bond acceptors (Lipinski definition) is 6. The van der Waals surface area contributed by atoms with Crippen LogP contribution < -0.4 is 10.1 Å². The lowest BCUT2D eigenvalue weighted by Crippen LogP contribution is -2.14. The number of aromatic hydroxyl groups is 1. The zero-order valence-corrected chi connectivity index (χ0v) is 22.7. The van der Waals surface area contributed by atoms with Gasteiger partial charge < -0.3 is 20.1 Å². The van der Waals surface area contributed by atoms with Gasteiger partial charge in [0, 0.05) is 29.7 Å². The van der Waals surface area contributed by atoms with Gasteiger partial charge in [0.1, 0.15) is 0 Å². The third-order valence-corrected chi connectivity index (χ3v) is 7.45. The zero-order valence-electron chi connectivity index (χ0n) is 21.9. The molecule has 2 N–H and O–H groups in total. The number of rotatable bonds is 8. The van der Waals surface area contributed by atoms with Gasteiger partial charge in [-0.2, -0.15) is 0 Å². The highest BCUT2D eigenvalue weighted by atomic mass is 35.5. The molecule has 0 bridgehead atoms. The predicted octanol–water partition coefficient (Wildman–Crippen LogP) is 7.45. The van der Waals surface area contributed by atoms with Crippen LogP contribution in [0.1, 0.15) is 41.6 Å². The fourth-order valence-electron chi connectivity index (χ4n) is 5.20. The minimum Gasteiger partial charge on any atom is -0.503 e. The summed E-state index contributed by atoms with van der Waals surface area (Å²) in [5, 5.41) is 14.8. The number of nitrogens with one attached hydrogen (secondary N) is 1. The van der Waals surface area contributed by atoms with Crippen molar-refractivity contribution in [2.45, 2.75) is 32.2 Å². The summed E-state index contributed by atoms with van der Waals surface area (Å²) in [5.74, 6) is 0.376. The fraction of sp³-hybridized carbons (Fsp3) is 0.290. The number of halogens is 1. The van der Waals surface area contributed by atoms with Crippen LogP contribution in [0.3, 0.4) is 0 Å². The Morgan fingerprint density at radius 3 is 2.50 bits per heavy atom. The lowest BCUT2D eigenvalue weighted by molar-refractivity contribution is 0.0923. The number of nitrogens with zero attached hydrogens (tertiary/aromatic N) is 2. The van der Waals surface area contributed by atoms with E-state index in [-0.39, 0.29) is 22.5 Å². The molecule has 196 valence electrons. The first-order chi connectivity index (χ1) is 18.3. The molecule has 1 heterocycles. The third kappa shape index (κ3) is 5.33. The summed E-state index contributed by atoms with van der Waals surface area (Å²) in [5.41, 5.74) is 5.92. The van der Waals surface area contributed by atoms with Crippen molar-refractivity contribution in [3.05, 3.63) is 76.9 Å². The van der Waals surface area contributed by atoms with E-state index in [0.717, 1.165) is 65.6 Å². The van der Waals surface area contributed by atoms with Crippen LogP contribution in [0.25, 0.3) is 22.0 Å². The van der Waals surface area contributed by atoms with Gasteiger partial charge in [-0.15, -0.1) is 0 Å². The molecule has 3 aromatic carbocycles. The minimum absolute atomic E-state index is 0.0283. The van der Waals surface area contributed by atoms with E-state index < -0.39 is 0 Å². The van der Waals surface area contributed by atoms with Crippen LogP contribution in [0, 0.1) is 5.92 Å². The molecule has 4 aromatic rings. The first kappa shape index (κ1) is 26.0. The van der Waals surface area contributed by atoms with E-state index in [1.165, 1.54) is 12.7 Å². The molecule has 5 rings (SSSR count). The van der Waals surface area contributed by atoms with Gasteiger partial charge >= 0.3 is 0 Å². The number of phenolic OH excluding ortho intramolecular Hbond substituents is 1. The first-order valence-corrected chi connectivity index (χ1v) is 13.3. The Morgan fingerprint density at radius 2 is 1.82 bits per heavy atom. The molecule has 0 radical (unpaired) electrons. The number of fused-ring (bicyclic) bond motifs is 1. The van der Waals surface area contributed by atoms with Crippen LogP contribution in [0.15, 0.2) is 60.8 Å². The van der Waals surface area contributed by atoms with Gasteiger partial charge in [0.2, 0.25) is 0 Å². The van der Waals surface area contributed by atoms with E-state index >= 15 is 0 Å². The Morgan fingerprint density at radius 1 is 1.08 bits per heavy atom. The molecule has 0 atom stereocenters. The molecule has 1 aliphatic carbocycles. The van der Waals surface area contributed by atoms with E-state index in [1.54, 1.807) is 18.3 Å². The highest BCUT2D eigenvalue weighted by Gasteiger charge is 2.27. The third-order valence-electron chi connectivity index (χ3n) is 7.16. The van der Waals surface area contributed by atoms with Gasteiger partial charge in [-0.25, -0.2) is 0 Å². The lowest BCUT2D eigenvalue weighted by atomic mass is 9.93. The van der Waals surface area contributed by atoms with E-state index in [2.05, 4.69) is 27.3 Å². The number of pyridine rings is 1. The van der Waals surface area contributed by atoms with E-state index in [4.69, 9.17) is 16.3 Å². The number of carbonyl (C=O) groups excluding carboxylic acids is 1. The molecular formula is C31H32ClN3O3. The monoisotopic (exact) mass is 529 g/mol. The van der Waals surface area contributed by atoms with Gasteiger partial charge in [-0.05, 0) is 80.0 Å². The zero-order chi connectivity index (χ0) is 26.8. The maximum Gasteiger partial charge on any atom is 0.176 e. The molecule has 0 amide bonds. The van der Waals surface area contributed by atoms with E-state index in [9.17, 15) is 9.90 Å². The summed E-state index contributed by atoms with van der Waals surface area (Å²) >= 11 is 6.29. The van der Waals surface area contributed by atoms with Crippen molar-refractivity contribution >= 4 is 39.7 Å². The van der Waals surface area contributed by atoms with Crippen molar-refractivity contribution in [1.29, 1.82) is 0 Å². The smallest absolute Gasteiger partial charge is 0.176 e. The number of benzene rings is 3. The lowest BCUT2D eigenvalue weighted by Gasteiger charge is -2.18. The summed E-state index contributed by atoms with van der Waals surface area (Å²) in [6.07, 6.45) is 5.72. The molecule has 1 aromatic heterocycles. The predicted molar refractivity (Wildman–Crippen MR) is 154 cm³/mol. The second-order valence-electron chi connectivity index (χ2n) is 10.2. The number of aromatic nitrogens is 1. The van der Waals surface area contributed by atoms with Gasteiger partial charge in [-0.3, -0.25) is 9.78 Å². The van der Waals surface area contributed by atoms with Gasteiger partial charge in [-0.1, -0.05) is 42.6 Å². The second kappa shape index (κ2) is 11.0. The summed E-state index contributed by atoms with van der Waals surface area (Å²) in [7, 11) is 5.58. The number of ketones is 1. The number of hydrogen-bond donors (Lipinski definition) is 2. The standard InChI is InChI=1S/C31H32ClN3O3/c1-35(2)18-19-8-11-23(12-9-19)34-29-24-14-21(22-15-26(32)31(37)28(16-22)38-3)10-13-27(24)33-17-25(29)30(36)20-6-4-5-7-20/h8-17,20,37H,4-7,18H2,1-3H3,(H,33,34). The summed E-state index contributed by atoms with van der Waals surface area (Å²) in [6.45, 7) is 0.853. The van der Waals surface area contributed by atoms with Crippen LogP contribution in [-0.4, -0.2) is 42.0 Å². The van der Waals surface area contributed by atoms with Crippen molar-refractivity contribution in [2.75, 3.05) is 26.5 Å². The normalized spacial score (nSPS) is 13.8. The molecule has 7 heteroatoms. The first-order valence-electron chi connectivity index (χ1n) is 12.9. The molecule has 0 unspecified atom stereocenters. The summed E-state index contributed by atoms with van der Waals surface area (Å²) < 4.78 is 5.31. The van der Waals surface area contributed by atoms with Crippen LogP contribution in [0.2, 0.25) is 5.02 Å². The topological polar surface area (TPSA) is 74.7 Å². The molecule has 0 saturated heterocycles. The van der Waals surface area contributed by atoms with E-state index in [1.807, 2.05) is 44.4 Å². The van der Waals surface area contributed by atoms with Crippen LogP contribution >= 0.6 is 11.6 Å². The highest BCUT2D eigenvalue weighted by molar-refractivity contribution is 6.32. The Kier molecular flexibility index (Phi) is 7.54. The molecule has 38 heavy (non-hydrogen) atoms. The maximum absolute atomic E-state index is 13.7. The van der Waals surface area contributed by atoms with Gasteiger partial charge in [0.15, 0.2) is 17.3 Å². The van der Waals surface area contributed by atoms with Crippen molar-refractivity contribution in [2.24, 2.45) is 5.92 Å². The number of ether oxygens (including phenoxy) is 1. The molecule has 1 aliphatic rings. The molecule has 1 fully saturated rings. The summed E-state index contributed by atoms with van der Waals surface area (Å²) in [6, 6.07) is 17.6. The van der Waals surface area contributed by atoms with Crippen molar-refractivity contribution in [1.82, 2.24) is 9.88 Å². The van der Waals surface area contributed by atoms with Gasteiger partial charge in [0.25, 0.3) is 0 Å². The number of carbonyl (C=O) groups is 1. The van der Waals surface area contributed by atoms with Crippen molar-refractivity contribution in [3.8, 4) is 22.6 Å². The molecule has 6 nitrogen and oxygen atoms in total.